The van der Waals surface area contributed by atoms with Crippen LogP contribution in [-0.2, 0) is 26.6 Å². The highest BCUT2D eigenvalue weighted by Crippen LogP contribution is 2.13. The molecule has 0 bridgehead atoms. The Morgan fingerprint density at radius 3 is 0.867 bits per heavy atom. The van der Waals surface area contributed by atoms with Crippen molar-refractivity contribution in [2.45, 2.75) is 0 Å². The largest absolute Gasteiger partial charge is 0.467 e. The highest BCUT2D eigenvalue weighted by atomic mass is 29.6. The van der Waals surface area contributed by atoms with E-state index in [0.717, 1.165) is 0 Å². The normalized spacial score (nSPS) is 13.2. The van der Waals surface area contributed by atoms with E-state index in [1.807, 2.05) is 0 Å². The standard InChI is InChI=1S/C6H20O6Si3/c1-7-14(8-2,9-3)13-15(10-4,11-5)12-6/h13H2,1-6H3. The molecule has 0 aliphatic heterocycles. The predicted octanol–water partition coefficient (Wildman–Crippen LogP) is -1.10. The SMILES string of the molecule is CO[Si](OC)(OC)[SiH2][Si](OC)(OC)OC. The monoisotopic (exact) mass is 272 g/mol. The summed E-state index contributed by atoms with van der Waals surface area (Å²) in [5.41, 5.74) is 0. The smallest absolute Gasteiger partial charge is 0.380 e. The zero-order chi connectivity index (χ0) is 11.9. The first kappa shape index (κ1) is 15.4. The van der Waals surface area contributed by atoms with Crippen LogP contribution in [0.15, 0.2) is 0 Å². The highest BCUT2D eigenvalue weighted by Gasteiger charge is 2.53. The van der Waals surface area contributed by atoms with Crippen LogP contribution in [0.3, 0.4) is 0 Å². The summed E-state index contributed by atoms with van der Waals surface area (Å²) < 4.78 is 32.1. The number of hydrogen-bond acceptors (Lipinski definition) is 6. The van der Waals surface area contributed by atoms with Crippen molar-refractivity contribution in [3.8, 4) is 0 Å². The summed E-state index contributed by atoms with van der Waals surface area (Å²) in [6.45, 7) is 0. The lowest BCUT2D eigenvalue weighted by molar-refractivity contribution is 0.135. The van der Waals surface area contributed by atoms with Gasteiger partial charge in [-0.3, -0.25) is 0 Å². The minimum atomic E-state index is -2.59. The molecule has 0 saturated heterocycles. The Morgan fingerprint density at radius 1 is 0.533 bits per heavy atom. The van der Waals surface area contributed by atoms with Gasteiger partial charge in [-0.15, -0.1) is 0 Å². The van der Waals surface area contributed by atoms with E-state index in [1.165, 1.54) is 0 Å². The Morgan fingerprint density at radius 2 is 0.733 bits per heavy atom. The van der Waals surface area contributed by atoms with Gasteiger partial charge in [-0.2, -0.15) is 0 Å². The molecular weight excluding hydrogens is 252 g/mol. The first-order valence-corrected chi connectivity index (χ1v) is 12.5. The summed E-state index contributed by atoms with van der Waals surface area (Å²) >= 11 is 0. The minimum absolute atomic E-state index is 1.03. The predicted molar refractivity (Wildman–Crippen MR) is 62.1 cm³/mol. The van der Waals surface area contributed by atoms with Crippen molar-refractivity contribution in [2.24, 2.45) is 0 Å². The third kappa shape index (κ3) is 3.72. The van der Waals surface area contributed by atoms with Gasteiger partial charge in [0.05, 0.1) is 0 Å². The van der Waals surface area contributed by atoms with Gasteiger partial charge in [0.25, 0.3) is 0 Å². The van der Waals surface area contributed by atoms with Gasteiger partial charge in [0, 0.05) is 42.7 Å². The molecule has 0 saturated carbocycles. The summed E-state index contributed by atoms with van der Waals surface area (Å²) in [5, 5.41) is 0. The highest BCUT2D eigenvalue weighted by molar-refractivity contribution is 7.44. The van der Waals surface area contributed by atoms with E-state index >= 15 is 0 Å². The molecule has 92 valence electrons. The molecule has 0 fully saturated rings. The molecule has 0 aromatic heterocycles. The van der Waals surface area contributed by atoms with Crippen LogP contribution in [0.25, 0.3) is 0 Å². The molecule has 0 atom stereocenters. The molecular formula is C6H20O6Si3. The molecule has 0 aromatic carbocycles. The summed E-state index contributed by atoms with van der Waals surface area (Å²) in [6.07, 6.45) is 0. The molecule has 0 radical (unpaired) electrons. The Labute approximate surface area is 94.9 Å². The molecule has 0 amide bonds. The second kappa shape index (κ2) is 6.88. The topological polar surface area (TPSA) is 55.4 Å². The molecule has 15 heavy (non-hydrogen) atoms. The van der Waals surface area contributed by atoms with Crippen LogP contribution >= 0.6 is 0 Å². The van der Waals surface area contributed by atoms with Gasteiger partial charge in [0.1, 0.15) is 0 Å². The molecule has 0 N–H and O–H groups in total. The van der Waals surface area contributed by atoms with Crippen molar-refractivity contribution >= 4 is 25.2 Å². The van der Waals surface area contributed by atoms with Crippen LogP contribution in [0.4, 0.5) is 0 Å². The maximum Gasteiger partial charge on any atom is 0.467 e. The van der Waals surface area contributed by atoms with Crippen molar-refractivity contribution in [2.75, 3.05) is 42.7 Å². The van der Waals surface area contributed by atoms with Crippen molar-refractivity contribution in [3.63, 3.8) is 0 Å². The first-order chi connectivity index (χ1) is 7.07. The maximum atomic E-state index is 5.35. The van der Waals surface area contributed by atoms with Gasteiger partial charge in [-0.05, 0) is 0 Å². The fourth-order valence-corrected chi connectivity index (χ4v) is 20.4. The lowest BCUT2D eigenvalue weighted by Crippen LogP contribution is -2.65. The van der Waals surface area contributed by atoms with Crippen LogP contribution < -0.4 is 0 Å². The number of hydrogen-bond donors (Lipinski definition) is 0. The van der Waals surface area contributed by atoms with Gasteiger partial charge in [-0.25, -0.2) is 0 Å². The molecule has 0 spiro atoms. The second-order valence-electron chi connectivity index (χ2n) is 2.77. The molecule has 0 aliphatic carbocycles. The Balaban J connectivity index is 4.74. The van der Waals surface area contributed by atoms with Gasteiger partial charge in [0.15, 0.2) is 0 Å². The molecule has 0 unspecified atom stereocenters. The summed E-state index contributed by atoms with van der Waals surface area (Å²) in [4.78, 5) is 0. The van der Waals surface area contributed by atoms with E-state index in [9.17, 15) is 0 Å². The lowest BCUT2D eigenvalue weighted by Gasteiger charge is -2.31. The minimum Gasteiger partial charge on any atom is -0.380 e. The molecule has 0 aromatic rings. The summed E-state index contributed by atoms with van der Waals surface area (Å²) in [6, 6.07) is 0. The molecule has 0 heterocycles. The van der Waals surface area contributed by atoms with Crippen LogP contribution in [0.2, 0.25) is 0 Å². The first-order valence-electron chi connectivity index (χ1n) is 4.38. The van der Waals surface area contributed by atoms with Gasteiger partial charge in [-0.1, -0.05) is 0 Å². The Hall–Kier alpha value is 0.411. The average molecular weight is 272 g/mol. The number of rotatable bonds is 8. The third-order valence-electron chi connectivity index (χ3n) is 2.30. The molecule has 0 aliphatic rings. The molecule has 9 heteroatoms. The maximum absolute atomic E-state index is 5.35. The van der Waals surface area contributed by atoms with E-state index in [-0.39, 0.29) is 0 Å². The Bertz CT molecular complexity index is 138. The zero-order valence-electron chi connectivity index (χ0n) is 10.2. The molecule has 0 rings (SSSR count). The van der Waals surface area contributed by atoms with Crippen molar-refractivity contribution in [1.82, 2.24) is 0 Å². The molecule has 6 nitrogen and oxygen atoms in total. The van der Waals surface area contributed by atoms with Gasteiger partial charge >= 0.3 is 16.6 Å². The van der Waals surface area contributed by atoms with E-state index in [4.69, 9.17) is 26.6 Å². The second-order valence-corrected chi connectivity index (χ2v) is 17.7. The van der Waals surface area contributed by atoms with E-state index in [1.54, 1.807) is 42.7 Å². The summed E-state index contributed by atoms with van der Waals surface area (Å²) in [5.74, 6) is 0. The van der Waals surface area contributed by atoms with E-state index < -0.39 is 25.2 Å². The quantitative estimate of drug-likeness (QED) is 0.523. The Kier molecular flexibility index (Phi) is 7.07. The fraction of sp³-hybridized carbons (Fsp3) is 1.00. The average Bonchev–Trinajstić information content (AvgIpc) is 2.33. The van der Waals surface area contributed by atoms with E-state index in [2.05, 4.69) is 0 Å². The van der Waals surface area contributed by atoms with Crippen molar-refractivity contribution in [1.29, 1.82) is 0 Å². The van der Waals surface area contributed by atoms with Crippen LogP contribution in [0, 0.1) is 0 Å². The summed E-state index contributed by atoms with van der Waals surface area (Å²) in [7, 11) is 3.24. The van der Waals surface area contributed by atoms with Gasteiger partial charge in [0.2, 0.25) is 8.55 Å². The van der Waals surface area contributed by atoms with Crippen LogP contribution in [0.5, 0.6) is 0 Å². The van der Waals surface area contributed by atoms with Crippen molar-refractivity contribution in [3.05, 3.63) is 0 Å². The third-order valence-corrected chi connectivity index (χ3v) is 22.5. The van der Waals surface area contributed by atoms with Crippen molar-refractivity contribution < 1.29 is 26.6 Å². The zero-order valence-corrected chi connectivity index (χ0v) is 13.6. The van der Waals surface area contributed by atoms with Gasteiger partial charge < -0.3 is 26.6 Å². The van der Waals surface area contributed by atoms with Crippen LogP contribution in [0.1, 0.15) is 0 Å². The fourth-order valence-electron chi connectivity index (χ4n) is 1.20. The van der Waals surface area contributed by atoms with Crippen LogP contribution in [-0.4, -0.2) is 67.9 Å². The lowest BCUT2D eigenvalue weighted by atomic mass is 11.8. The van der Waals surface area contributed by atoms with E-state index in [0.29, 0.717) is 0 Å².